The SMILES string of the molecule is CN1CCN(S(=O)(=O)c2ccc(N(C)C3CCc4ccccc4C3)nc2)CC1. The molecular weight excluding hydrogens is 372 g/mol. The van der Waals surface area contributed by atoms with Gasteiger partial charge in [-0.2, -0.15) is 4.31 Å². The third kappa shape index (κ3) is 3.79. The fourth-order valence-electron chi connectivity index (χ4n) is 4.11. The van der Waals surface area contributed by atoms with E-state index in [4.69, 9.17) is 0 Å². The first-order chi connectivity index (χ1) is 13.4. The van der Waals surface area contributed by atoms with Crippen molar-refractivity contribution >= 4 is 15.8 Å². The second-order valence-electron chi connectivity index (χ2n) is 7.84. The largest absolute Gasteiger partial charge is 0.356 e. The van der Waals surface area contributed by atoms with E-state index in [1.54, 1.807) is 10.4 Å². The van der Waals surface area contributed by atoms with Gasteiger partial charge in [-0.1, -0.05) is 24.3 Å². The lowest BCUT2D eigenvalue weighted by atomic mass is 9.88. The topological polar surface area (TPSA) is 56.8 Å². The summed E-state index contributed by atoms with van der Waals surface area (Å²) in [4.78, 5) is 9.10. The van der Waals surface area contributed by atoms with Crippen LogP contribution in [-0.4, -0.2) is 68.9 Å². The Labute approximate surface area is 167 Å². The van der Waals surface area contributed by atoms with E-state index in [0.717, 1.165) is 38.2 Å². The van der Waals surface area contributed by atoms with Crippen molar-refractivity contribution in [2.75, 3.05) is 45.2 Å². The van der Waals surface area contributed by atoms with Gasteiger partial charge in [0.15, 0.2) is 0 Å². The summed E-state index contributed by atoms with van der Waals surface area (Å²) in [7, 11) is 0.598. The van der Waals surface area contributed by atoms with Gasteiger partial charge in [-0.15, -0.1) is 0 Å². The predicted octanol–water partition coefficient (Wildman–Crippen LogP) is 2.01. The number of pyridine rings is 1. The Morgan fingerprint density at radius 1 is 1.04 bits per heavy atom. The maximum absolute atomic E-state index is 12.9. The van der Waals surface area contributed by atoms with Crippen molar-refractivity contribution in [1.82, 2.24) is 14.2 Å². The molecule has 150 valence electrons. The summed E-state index contributed by atoms with van der Waals surface area (Å²) in [6.07, 6.45) is 4.66. The summed E-state index contributed by atoms with van der Waals surface area (Å²) in [5.74, 6) is 0.821. The minimum absolute atomic E-state index is 0.281. The van der Waals surface area contributed by atoms with Crippen LogP contribution in [0.4, 0.5) is 5.82 Å². The van der Waals surface area contributed by atoms with Gasteiger partial charge in [0, 0.05) is 45.5 Å². The van der Waals surface area contributed by atoms with Crippen LogP contribution in [0.2, 0.25) is 0 Å². The number of hydrogen-bond donors (Lipinski definition) is 0. The van der Waals surface area contributed by atoms with Crippen molar-refractivity contribution < 1.29 is 8.42 Å². The number of sulfonamides is 1. The Balaban J connectivity index is 1.47. The molecule has 0 bridgehead atoms. The van der Waals surface area contributed by atoms with E-state index in [2.05, 4.69) is 46.1 Å². The summed E-state index contributed by atoms with van der Waals surface area (Å²) in [6, 6.07) is 12.5. The Kier molecular flexibility index (Phi) is 5.40. The maximum atomic E-state index is 12.9. The van der Waals surface area contributed by atoms with Crippen LogP contribution in [0.5, 0.6) is 0 Å². The zero-order valence-corrected chi connectivity index (χ0v) is 17.4. The van der Waals surface area contributed by atoms with Crippen molar-refractivity contribution in [3.8, 4) is 0 Å². The standard InChI is InChI=1S/C21H28N4O2S/c1-23-11-13-25(14-12-23)28(26,27)20-9-10-21(22-16-20)24(2)19-8-7-17-5-3-4-6-18(17)15-19/h3-6,9-10,16,19H,7-8,11-15H2,1-2H3. The van der Waals surface area contributed by atoms with E-state index in [1.807, 2.05) is 13.1 Å². The summed E-state index contributed by atoms with van der Waals surface area (Å²) in [5.41, 5.74) is 2.84. The highest BCUT2D eigenvalue weighted by Crippen LogP contribution is 2.27. The second kappa shape index (κ2) is 7.81. The molecule has 2 aromatic rings. The van der Waals surface area contributed by atoms with Crippen molar-refractivity contribution in [1.29, 1.82) is 0 Å². The normalized spacial score (nSPS) is 21.3. The lowest BCUT2D eigenvalue weighted by Gasteiger charge is -2.33. The lowest BCUT2D eigenvalue weighted by Crippen LogP contribution is -2.47. The molecule has 1 aromatic heterocycles. The summed E-state index contributed by atoms with van der Waals surface area (Å²) in [6.45, 7) is 2.58. The molecule has 0 radical (unpaired) electrons. The van der Waals surface area contributed by atoms with Crippen LogP contribution in [0.15, 0.2) is 47.5 Å². The number of nitrogens with zero attached hydrogens (tertiary/aromatic N) is 4. The fraction of sp³-hybridized carbons (Fsp3) is 0.476. The highest BCUT2D eigenvalue weighted by molar-refractivity contribution is 7.89. The van der Waals surface area contributed by atoms with Crippen LogP contribution < -0.4 is 4.90 Å². The van der Waals surface area contributed by atoms with Gasteiger partial charge in [-0.3, -0.25) is 0 Å². The highest BCUT2D eigenvalue weighted by atomic mass is 32.2. The molecule has 6 nitrogen and oxygen atoms in total. The molecule has 0 amide bonds. The first kappa shape index (κ1) is 19.4. The highest BCUT2D eigenvalue weighted by Gasteiger charge is 2.28. The number of piperazine rings is 1. The average molecular weight is 401 g/mol. The molecule has 2 aliphatic rings. The molecule has 1 saturated heterocycles. The van der Waals surface area contributed by atoms with E-state index < -0.39 is 10.0 Å². The first-order valence-corrected chi connectivity index (χ1v) is 11.3. The van der Waals surface area contributed by atoms with E-state index in [9.17, 15) is 8.42 Å². The Morgan fingerprint density at radius 2 is 1.75 bits per heavy atom. The molecule has 1 fully saturated rings. The van der Waals surface area contributed by atoms with Crippen molar-refractivity contribution in [2.24, 2.45) is 0 Å². The van der Waals surface area contributed by atoms with Crippen LogP contribution in [-0.2, 0) is 22.9 Å². The van der Waals surface area contributed by atoms with Gasteiger partial charge in [0.25, 0.3) is 0 Å². The van der Waals surface area contributed by atoms with Crippen LogP contribution in [0, 0.1) is 0 Å². The predicted molar refractivity (Wildman–Crippen MR) is 111 cm³/mol. The van der Waals surface area contributed by atoms with Gasteiger partial charge >= 0.3 is 0 Å². The zero-order valence-electron chi connectivity index (χ0n) is 16.6. The zero-order chi connectivity index (χ0) is 19.7. The van der Waals surface area contributed by atoms with Gasteiger partial charge in [0.05, 0.1) is 0 Å². The Morgan fingerprint density at radius 3 is 2.43 bits per heavy atom. The van der Waals surface area contributed by atoms with Gasteiger partial charge < -0.3 is 9.80 Å². The number of rotatable bonds is 4. The average Bonchev–Trinajstić information content (AvgIpc) is 2.73. The quantitative estimate of drug-likeness (QED) is 0.786. The Hall–Kier alpha value is -1.96. The molecule has 28 heavy (non-hydrogen) atoms. The molecule has 0 spiro atoms. The molecule has 1 aliphatic carbocycles. The monoisotopic (exact) mass is 400 g/mol. The first-order valence-electron chi connectivity index (χ1n) is 9.89. The van der Waals surface area contributed by atoms with Crippen LogP contribution in [0.25, 0.3) is 0 Å². The molecule has 1 aromatic carbocycles. The minimum atomic E-state index is -3.47. The Bertz CT molecular complexity index is 922. The van der Waals surface area contributed by atoms with Gasteiger partial charge in [0.2, 0.25) is 10.0 Å². The molecule has 0 saturated carbocycles. The van der Waals surface area contributed by atoms with E-state index in [1.165, 1.54) is 17.3 Å². The number of aryl methyl sites for hydroxylation is 1. The number of anilines is 1. The van der Waals surface area contributed by atoms with Crippen LogP contribution in [0.3, 0.4) is 0 Å². The van der Waals surface area contributed by atoms with Gasteiger partial charge in [0.1, 0.15) is 10.7 Å². The lowest BCUT2D eigenvalue weighted by molar-refractivity contribution is 0.222. The fourth-order valence-corrected chi connectivity index (χ4v) is 5.48. The molecule has 2 heterocycles. The second-order valence-corrected chi connectivity index (χ2v) is 9.77. The maximum Gasteiger partial charge on any atom is 0.244 e. The molecule has 1 atom stereocenters. The molecule has 1 unspecified atom stereocenters. The third-order valence-electron chi connectivity index (χ3n) is 6.05. The summed E-state index contributed by atoms with van der Waals surface area (Å²) >= 11 is 0. The molecular formula is C21H28N4O2S. The van der Waals surface area contributed by atoms with Crippen molar-refractivity contribution in [3.63, 3.8) is 0 Å². The number of fused-ring (bicyclic) bond motifs is 1. The van der Waals surface area contributed by atoms with Gasteiger partial charge in [-0.25, -0.2) is 13.4 Å². The van der Waals surface area contributed by atoms with Crippen molar-refractivity contribution in [3.05, 3.63) is 53.7 Å². The smallest absolute Gasteiger partial charge is 0.244 e. The third-order valence-corrected chi connectivity index (χ3v) is 7.93. The van der Waals surface area contributed by atoms with E-state index >= 15 is 0 Å². The minimum Gasteiger partial charge on any atom is -0.356 e. The van der Waals surface area contributed by atoms with E-state index in [0.29, 0.717) is 19.1 Å². The molecule has 7 heteroatoms. The number of likely N-dealkylation sites (N-methyl/N-ethyl adjacent to an activating group) is 2. The number of hydrogen-bond acceptors (Lipinski definition) is 5. The summed E-state index contributed by atoms with van der Waals surface area (Å²) in [5, 5.41) is 0. The molecule has 4 rings (SSSR count). The van der Waals surface area contributed by atoms with Crippen LogP contribution >= 0.6 is 0 Å². The van der Waals surface area contributed by atoms with Crippen LogP contribution in [0.1, 0.15) is 17.5 Å². The number of aromatic nitrogens is 1. The summed E-state index contributed by atoms with van der Waals surface area (Å²) < 4.78 is 27.3. The van der Waals surface area contributed by atoms with E-state index in [-0.39, 0.29) is 4.90 Å². The van der Waals surface area contributed by atoms with Gasteiger partial charge in [-0.05, 0) is 49.6 Å². The molecule has 0 N–H and O–H groups in total. The number of benzene rings is 1. The molecule has 1 aliphatic heterocycles. The van der Waals surface area contributed by atoms with Crippen molar-refractivity contribution in [2.45, 2.75) is 30.2 Å².